The van der Waals surface area contributed by atoms with Crippen molar-refractivity contribution >= 4 is 11.6 Å². The van der Waals surface area contributed by atoms with Crippen LogP contribution >= 0.6 is 0 Å². The summed E-state index contributed by atoms with van der Waals surface area (Å²) in [5.74, 6) is -1.90. The minimum Gasteiger partial charge on any atom is -0.378 e. The number of para-hydroxylation sites is 1. The summed E-state index contributed by atoms with van der Waals surface area (Å²) >= 11 is 0. The van der Waals surface area contributed by atoms with E-state index in [4.69, 9.17) is 0 Å². The molecule has 2 aromatic rings. The maximum Gasteiger partial charge on any atom is 0.229 e. The summed E-state index contributed by atoms with van der Waals surface area (Å²) in [5, 5.41) is 2.90. The third-order valence-corrected chi connectivity index (χ3v) is 6.35. The van der Waals surface area contributed by atoms with E-state index in [0.29, 0.717) is 12.8 Å². The highest BCUT2D eigenvalue weighted by molar-refractivity contribution is 5.81. The van der Waals surface area contributed by atoms with Crippen molar-refractivity contribution in [3.05, 3.63) is 65.2 Å². The molecule has 0 aromatic heterocycles. The summed E-state index contributed by atoms with van der Waals surface area (Å²) in [6.07, 6.45) is 3.10. The molecule has 0 bridgehead atoms. The van der Waals surface area contributed by atoms with Gasteiger partial charge in [-0.05, 0) is 56.2 Å². The second kappa shape index (κ2) is 8.70. The quantitative estimate of drug-likeness (QED) is 0.654. The summed E-state index contributed by atoms with van der Waals surface area (Å²) < 4.78 is 41.8. The number of likely N-dealkylation sites (tertiary alicyclic amines) is 1. The molecule has 2 aliphatic rings. The lowest BCUT2D eigenvalue weighted by atomic mass is 9.86. The van der Waals surface area contributed by atoms with Gasteiger partial charge in [-0.15, -0.1) is 0 Å². The van der Waals surface area contributed by atoms with Gasteiger partial charge in [0.2, 0.25) is 5.91 Å². The van der Waals surface area contributed by atoms with E-state index in [1.165, 1.54) is 18.2 Å². The zero-order valence-corrected chi connectivity index (χ0v) is 17.1. The van der Waals surface area contributed by atoms with Gasteiger partial charge >= 0.3 is 0 Å². The Morgan fingerprint density at radius 3 is 2.30 bits per heavy atom. The van der Waals surface area contributed by atoms with Gasteiger partial charge in [0, 0.05) is 6.54 Å². The van der Waals surface area contributed by atoms with E-state index in [1.807, 2.05) is 36.1 Å². The summed E-state index contributed by atoms with van der Waals surface area (Å²) in [4.78, 5) is 15.0. The number of rotatable bonds is 7. The fraction of sp³-hybridized carbons (Fsp3) is 0.458. The average molecular weight is 416 g/mol. The van der Waals surface area contributed by atoms with E-state index < -0.39 is 24.2 Å². The Kier molecular flexibility index (Phi) is 6.02. The average Bonchev–Trinajstić information content (AvgIpc) is 3.57. The number of anilines is 1. The third-order valence-electron chi connectivity index (χ3n) is 6.35. The van der Waals surface area contributed by atoms with Crippen LogP contribution < -0.4 is 5.32 Å². The molecule has 1 N–H and O–H groups in total. The van der Waals surface area contributed by atoms with Crippen molar-refractivity contribution in [1.82, 2.24) is 4.90 Å². The fourth-order valence-corrected chi connectivity index (χ4v) is 4.49. The van der Waals surface area contributed by atoms with Gasteiger partial charge in [-0.25, -0.2) is 8.78 Å². The van der Waals surface area contributed by atoms with Gasteiger partial charge in [-0.3, -0.25) is 9.18 Å². The number of piperidine rings is 1. The highest BCUT2D eigenvalue weighted by Crippen LogP contribution is 2.43. The van der Waals surface area contributed by atoms with Crippen molar-refractivity contribution in [2.45, 2.75) is 44.7 Å². The number of carbonyl (C=O) groups is 1. The first-order valence-corrected chi connectivity index (χ1v) is 10.6. The number of nitrogens with one attached hydrogen (secondary N) is 1. The lowest BCUT2D eigenvalue weighted by molar-refractivity contribution is -0.146. The molecule has 4 rings (SSSR count). The van der Waals surface area contributed by atoms with Crippen molar-refractivity contribution in [2.75, 3.05) is 18.5 Å². The molecule has 30 heavy (non-hydrogen) atoms. The predicted molar refractivity (Wildman–Crippen MR) is 111 cm³/mol. The molecule has 1 saturated carbocycles. The molecule has 1 saturated heterocycles. The van der Waals surface area contributed by atoms with Crippen LogP contribution in [0.25, 0.3) is 0 Å². The Morgan fingerprint density at radius 2 is 1.70 bits per heavy atom. The second-order valence-corrected chi connectivity index (χ2v) is 8.48. The Morgan fingerprint density at radius 1 is 1.03 bits per heavy atom. The normalized spacial score (nSPS) is 22.8. The van der Waals surface area contributed by atoms with Crippen molar-refractivity contribution in [2.24, 2.45) is 11.8 Å². The summed E-state index contributed by atoms with van der Waals surface area (Å²) in [6.45, 7) is 1.56. The number of aryl methyl sites for hydroxylation is 1. The van der Waals surface area contributed by atoms with Crippen LogP contribution in [0.5, 0.6) is 0 Å². The number of hydrogen-bond acceptors (Lipinski definition) is 2. The SMILES string of the molecule is Cc1ccc(C2CCC(CF)C(=O)N2C(CNc2c(F)cccc2F)C2CC2)cc1. The van der Waals surface area contributed by atoms with Gasteiger partial charge in [0.05, 0.1) is 18.0 Å². The molecule has 1 aliphatic heterocycles. The second-order valence-electron chi connectivity index (χ2n) is 8.48. The molecule has 3 nitrogen and oxygen atoms in total. The maximum atomic E-state index is 14.1. The van der Waals surface area contributed by atoms with E-state index in [2.05, 4.69) is 5.32 Å². The monoisotopic (exact) mass is 416 g/mol. The maximum absolute atomic E-state index is 14.1. The van der Waals surface area contributed by atoms with Crippen LogP contribution in [-0.4, -0.2) is 30.1 Å². The number of alkyl halides is 1. The van der Waals surface area contributed by atoms with Crippen molar-refractivity contribution < 1.29 is 18.0 Å². The van der Waals surface area contributed by atoms with Crippen LogP contribution in [0, 0.1) is 30.4 Å². The Labute approximate surface area is 175 Å². The molecular formula is C24H27F3N2O. The third kappa shape index (κ3) is 4.18. The smallest absolute Gasteiger partial charge is 0.229 e. The standard InChI is InChI=1S/C24H27F3N2O/c1-15-5-7-16(8-6-15)21-12-11-18(13-25)24(30)29(21)22(17-9-10-17)14-28-23-19(26)3-2-4-20(23)27/h2-8,17-18,21-22,28H,9-14H2,1H3. The van der Waals surface area contributed by atoms with E-state index in [1.54, 1.807) is 0 Å². The molecule has 0 radical (unpaired) electrons. The first-order valence-electron chi connectivity index (χ1n) is 10.6. The molecule has 1 heterocycles. The molecule has 1 amide bonds. The Balaban J connectivity index is 1.63. The number of hydrogen-bond donors (Lipinski definition) is 1. The number of benzene rings is 2. The first-order chi connectivity index (χ1) is 14.5. The van der Waals surface area contributed by atoms with Crippen LogP contribution in [-0.2, 0) is 4.79 Å². The van der Waals surface area contributed by atoms with Crippen molar-refractivity contribution in [1.29, 1.82) is 0 Å². The lowest BCUT2D eigenvalue weighted by Crippen LogP contribution is -2.52. The number of amides is 1. The molecule has 6 heteroatoms. The summed E-state index contributed by atoms with van der Waals surface area (Å²) in [7, 11) is 0. The van der Waals surface area contributed by atoms with E-state index in [9.17, 15) is 18.0 Å². The van der Waals surface area contributed by atoms with E-state index in [0.717, 1.165) is 24.0 Å². The van der Waals surface area contributed by atoms with E-state index in [-0.39, 0.29) is 36.1 Å². The molecule has 2 fully saturated rings. The van der Waals surface area contributed by atoms with Crippen molar-refractivity contribution in [3.63, 3.8) is 0 Å². The van der Waals surface area contributed by atoms with Crippen molar-refractivity contribution in [3.8, 4) is 0 Å². The molecule has 1 aliphatic carbocycles. The fourth-order valence-electron chi connectivity index (χ4n) is 4.49. The molecule has 0 spiro atoms. The van der Waals surface area contributed by atoms with Crippen LogP contribution in [0.2, 0.25) is 0 Å². The summed E-state index contributed by atoms with van der Waals surface area (Å²) in [6, 6.07) is 11.4. The zero-order chi connectivity index (χ0) is 21.3. The highest BCUT2D eigenvalue weighted by Gasteiger charge is 2.45. The predicted octanol–water partition coefficient (Wildman–Crippen LogP) is 5.41. The van der Waals surface area contributed by atoms with Gasteiger partial charge in [-0.1, -0.05) is 35.9 Å². The number of halogens is 3. The minimum absolute atomic E-state index is 0.154. The molecule has 2 aromatic carbocycles. The van der Waals surface area contributed by atoms with Gasteiger partial charge in [0.1, 0.15) is 24.0 Å². The Hall–Kier alpha value is -2.50. The number of carbonyl (C=O) groups excluding carboxylic acids is 1. The number of nitrogens with zero attached hydrogens (tertiary/aromatic N) is 1. The van der Waals surface area contributed by atoms with Crippen LogP contribution in [0.1, 0.15) is 42.9 Å². The summed E-state index contributed by atoms with van der Waals surface area (Å²) in [5.41, 5.74) is 1.97. The lowest BCUT2D eigenvalue weighted by Gasteiger charge is -2.44. The Bertz CT molecular complexity index is 878. The molecule has 160 valence electrons. The van der Waals surface area contributed by atoms with E-state index >= 15 is 0 Å². The molecule has 3 unspecified atom stereocenters. The zero-order valence-electron chi connectivity index (χ0n) is 17.1. The van der Waals surface area contributed by atoms with Crippen LogP contribution in [0.4, 0.5) is 18.9 Å². The minimum atomic E-state index is -0.678. The highest BCUT2D eigenvalue weighted by atomic mass is 19.1. The van der Waals surface area contributed by atoms with Crippen LogP contribution in [0.3, 0.4) is 0 Å². The first kappa shape index (κ1) is 20.8. The van der Waals surface area contributed by atoms with Crippen LogP contribution in [0.15, 0.2) is 42.5 Å². The van der Waals surface area contributed by atoms with Gasteiger partial charge in [-0.2, -0.15) is 0 Å². The van der Waals surface area contributed by atoms with Gasteiger partial charge in [0.25, 0.3) is 0 Å². The van der Waals surface area contributed by atoms with Gasteiger partial charge in [0.15, 0.2) is 0 Å². The molecular weight excluding hydrogens is 389 g/mol. The largest absolute Gasteiger partial charge is 0.378 e. The molecule has 3 atom stereocenters. The topological polar surface area (TPSA) is 32.3 Å². The van der Waals surface area contributed by atoms with Gasteiger partial charge < -0.3 is 10.2 Å².